The van der Waals surface area contributed by atoms with Gasteiger partial charge in [0.1, 0.15) is 0 Å². The van der Waals surface area contributed by atoms with Gasteiger partial charge in [-0.25, -0.2) is 0 Å². The molecule has 0 spiro atoms. The molecule has 0 N–H and O–H groups in total. The van der Waals surface area contributed by atoms with Gasteiger partial charge < -0.3 is 9.64 Å². The van der Waals surface area contributed by atoms with Crippen LogP contribution >= 0.6 is 0 Å². The monoisotopic (exact) mass is 519 g/mol. The second kappa shape index (κ2) is 10.3. The molecule has 2 heteroatoms. The number of hydrogen-bond acceptors (Lipinski definition) is 2. The van der Waals surface area contributed by atoms with E-state index >= 15 is 0 Å². The third kappa shape index (κ3) is 4.19. The maximum absolute atomic E-state index is 6.82. The van der Waals surface area contributed by atoms with Crippen LogP contribution in [-0.2, 0) is 4.74 Å². The topological polar surface area (TPSA) is 12.5 Å². The predicted molar refractivity (Wildman–Crippen MR) is 165 cm³/mol. The highest BCUT2D eigenvalue weighted by atomic mass is 16.5. The van der Waals surface area contributed by atoms with Crippen molar-refractivity contribution >= 4 is 5.69 Å². The summed E-state index contributed by atoms with van der Waals surface area (Å²) in [4.78, 5) is 2.42. The van der Waals surface area contributed by atoms with Gasteiger partial charge in [-0.05, 0) is 70.7 Å². The second-order valence-electron chi connectivity index (χ2n) is 11.1. The summed E-state index contributed by atoms with van der Waals surface area (Å²) in [7, 11) is 0. The van der Waals surface area contributed by atoms with E-state index in [-0.39, 0.29) is 30.0 Å². The zero-order chi connectivity index (χ0) is 27.1. The first-order valence-corrected chi connectivity index (χ1v) is 14.4. The standard InChI is InChI=1S/C38H33NO/c1-3-13-36-33(4-2)34-20-21-35-37(38(34)40-36)28-18-11-12-19-31(23-28)39(35)32-24-29(26-14-7-5-8-15-26)22-30(25-32)27-16-9-6-10-17-27/h2,5-12,14-25,28,33-34,36,38H,3,13H2,1H3. The quantitative estimate of drug-likeness (QED) is 0.313. The Morgan fingerprint density at radius 1 is 0.825 bits per heavy atom. The van der Waals surface area contributed by atoms with Gasteiger partial charge in [-0.1, -0.05) is 104 Å². The normalized spacial score (nSPS) is 26.1. The van der Waals surface area contributed by atoms with E-state index in [4.69, 9.17) is 11.2 Å². The molecule has 4 aliphatic rings. The number of benzene rings is 3. The number of anilines is 1. The first-order chi connectivity index (χ1) is 19.7. The molecular formula is C38H33NO. The van der Waals surface area contributed by atoms with E-state index < -0.39 is 0 Å². The molecule has 196 valence electrons. The predicted octanol–water partition coefficient (Wildman–Crippen LogP) is 8.72. The Balaban J connectivity index is 1.40. The van der Waals surface area contributed by atoms with Crippen LogP contribution in [0.15, 0.2) is 138 Å². The molecule has 2 aliphatic carbocycles. The molecule has 5 unspecified atom stereocenters. The van der Waals surface area contributed by atoms with Crippen LogP contribution in [0.2, 0.25) is 0 Å². The summed E-state index contributed by atoms with van der Waals surface area (Å²) in [5.74, 6) is 3.59. The summed E-state index contributed by atoms with van der Waals surface area (Å²) in [5, 5.41) is 0. The van der Waals surface area contributed by atoms with E-state index in [2.05, 4.69) is 139 Å². The van der Waals surface area contributed by atoms with Crippen molar-refractivity contribution in [1.29, 1.82) is 0 Å². The van der Waals surface area contributed by atoms with Crippen LogP contribution in [0, 0.1) is 30.1 Å². The van der Waals surface area contributed by atoms with E-state index in [9.17, 15) is 0 Å². The third-order valence-electron chi connectivity index (χ3n) is 8.63. The summed E-state index contributed by atoms with van der Waals surface area (Å²) in [6.45, 7) is 2.21. The first kappa shape index (κ1) is 24.7. The number of fused-ring (bicyclic) bond motifs is 4. The number of hydrogen-bond donors (Lipinski definition) is 0. The molecule has 5 atom stereocenters. The van der Waals surface area contributed by atoms with Crippen LogP contribution in [0.1, 0.15) is 19.8 Å². The summed E-state index contributed by atoms with van der Waals surface area (Å²) in [6, 6.07) is 28.2. The first-order valence-electron chi connectivity index (χ1n) is 14.4. The lowest BCUT2D eigenvalue weighted by Gasteiger charge is -2.40. The van der Waals surface area contributed by atoms with Crippen LogP contribution in [0.25, 0.3) is 22.3 Å². The minimum Gasteiger partial charge on any atom is -0.369 e. The van der Waals surface area contributed by atoms with Crippen molar-refractivity contribution in [3.8, 4) is 34.6 Å². The van der Waals surface area contributed by atoms with Crippen molar-refractivity contribution in [3.05, 3.63) is 138 Å². The minimum atomic E-state index is -0.0171. The summed E-state index contributed by atoms with van der Waals surface area (Å²) in [5.41, 5.74) is 9.65. The number of allylic oxidation sites excluding steroid dienone is 6. The molecule has 2 heterocycles. The van der Waals surface area contributed by atoms with Crippen molar-refractivity contribution < 1.29 is 4.74 Å². The van der Waals surface area contributed by atoms with Gasteiger partial charge in [-0.3, -0.25) is 0 Å². The molecule has 0 aromatic heterocycles. The average Bonchev–Trinajstić information content (AvgIpc) is 3.23. The smallest absolute Gasteiger partial charge is 0.0896 e. The Morgan fingerprint density at radius 3 is 2.17 bits per heavy atom. The summed E-state index contributed by atoms with van der Waals surface area (Å²) in [6.07, 6.45) is 24.1. The molecule has 2 aliphatic heterocycles. The molecular weight excluding hydrogens is 486 g/mol. The molecule has 0 amide bonds. The van der Waals surface area contributed by atoms with Crippen molar-refractivity contribution in [2.75, 3.05) is 4.90 Å². The number of terminal acetylenes is 1. The van der Waals surface area contributed by atoms with E-state index in [0.717, 1.165) is 18.5 Å². The van der Waals surface area contributed by atoms with Crippen LogP contribution < -0.4 is 4.90 Å². The van der Waals surface area contributed by atoms with Gasteiger partial charge >= 0.3 is 0 Å². The van der Waals surface area contributed by atoms with Crippen molar-refractivity contribution in [1.82, 2.24) is 0 Å². The fourth-order valence-electron chi connectivity index (χ4n) is 6.80. The Hall–Kier alpha value is -4.32. The van der Waals surface area contributed by atoms with E-state index in [1.165, 1.54) is 39.2 Å². The van der Waals surface area contributed by atoms with Crippen LogP contribution in [0.5, 0.6) is 0 Å². The van der Waals surface area contributed by atoms with Crippen LogP contribution in [-0.4, -0.2) is 12.2 Å². The number of rotatable bonds is 5. The van der Waals surface area contributed by atoms with Gasteiger partial charge in [0.15, 0.2) is 0 Å². The lowest BCUT2D eigenvalue weighted by Crippen LogP contribution is -2.36. The Bertz CT molecular complexity index is 1560. The molecule has 1 fully saturated rings. The molecule has 0 saturated carbocycles. The van der Waals surface area contributed by atoms with Gasteiger partial charge in [-0.15, -0.1) is 6.42 Å². The molecule has 3 aromatic carbocycles. The molecule has 1 saturated heterocycles. The molecule has 0 radical (unpaired) electrons. The average molecular weight is 520 g/mol. The van der Waals surface area contributed by atoms with Crippen LogP contribution in [0.3, 0.4) is 0 Å². The van der Waals surface area contributed by atoms with Gasteiger partial charge in [0.05, 0.1) is 18.1 Å². The maximum Gasteiger partial charge on any atom is 0.0896 e. The SMILES string of the molecule is C#CC1C(CCC)OC2C3=C(C=CC21)N(c1cc(-c2ccccc2)cc(-c2ccccc2)c1)C1=CC3C=CC=C1. The van der Waals surface area contributed by atoms with Gasteiger partial charge in [0.25, 0.3) is 0 Å². The Kier molecular flexibility index (Phi) is 6.39. The number of nitrogens with zero attached hydrogens (tertiary/aromatic N) is 1. The second-order valence-corrected chi connectivity index (χ2v) is 11.1. The van der Waals surface area contributed by atoms with Crippen LogP contribution in [0.4, 0.5) is 5.69 Å². The third-order valence-corrected chi connectivity index (χ3v) is 8.63. The maximum atomic E-state index is 6.82. The highest BCUT2D eigenvalue weighted by Gasteiger charge is 2.48. The molecule has 40 heavy (non-hydrogen) atoms. The Labute approximate surface area is 237 Å². The van der Waals surface area contributed by atoms with E-state index in [1.807, 2.05) is 0 Å². The largest absolute Gasteiger partial charge is 0.369 e. The van der Waals surface area contributed by atoms with Gasteiger partial charge in [-0.2, -0.15) is 0 Å². The molecule has 3 aromatic rings. The molecule has 2 bridgehead atoms. The van der Waals surface area contributed by atoms with Crippen molar-refractivity contribution in [2.45, 2.75) is 32.0 Å². The van der Waals surface area contributed by atoms with Crippen molar-refractivity contribution in [2.24, 2.45) is 17.8 Å². The van der Waals surface area contributed by atoms with E-state index in [1.54, 1.807) is 0 Å². The minimum absolute atomic E-state index is 0.0171. The molecule has 7 rings (SSSR count). The lowest BCUT2D eigenvalue weighted by molar-refractivity contribution is 0.0453. The summed E-state index contributed by atoms with van der Waals surface area (Å²) < 4.78 is 6.82. The van der Waals surface area contributed by atoms with Gasteiger partial charge in [0, 0.05) is 28.9 Å². The zero-order valence-electron chi connectivity index (χ0n) is 22.8. The zero-order valence-corrected chi connectivity index (χ0v) is 22.8. The fourth-order valence-corrected chi connectivity index (χ4v) is 6.80. The Morgan fingerprint density at radius 2 is 1.52 bits per heavy atom. The molecule has 2 nitrogen and oxygen atoms in total. The number of ether oxygens (including phenoxy) is 1. The highest BCUT2D eigenvalue weighted by Crippen LogP contribution is 2.49. The summed E-state index contributed by atoms with van der Waals surface area (Å²) >= 11 is 0. The van der Waals surface area contributed by atoms with E-state index in [0.29, 0.717) is 0 Å². The lowest BCUT2D eigenvalue weighted by atomic mass is 9.75. The highest BCUT2D eigenvalue weighted by molar-refractivity contribution is 5.81. The fraction of sp³-hybridized carbons (Fsp3) is 0.211. The van der Waals surface area contributed by atoms with Crippen molar-refractivity contribution in [3.63, 3.8) is 0 Å². The van der Waals surface area contributed by atoms with Gasteiger partial charge in [0.2, 0.25) is 0 Å².